The van der Waals surface area contributed by atoms with Crippen LogP contribution in [0, 0.1) is 34.2 Å². The van der Waals surface area contributed by atoms with Crippen LogP contribution in [0.4, 0.5) is 23.7 Å². The van der Waals surface area contributed by atoms with Crippen molar-refractivity contribution in [3.8, 4) is 0 Å². The largest absolute Gasteiger partial charge is 0.378 e. The van der Waals surface area contributed by atoms with E-state index in [0.29, 0.717) is 44.7 Å². The fourth-order valence-corrected chi connectivity index (χ4v) is 6.06. The number of carbonyl (C=O) groups is 1. The van der Waals surface area contributed by atoms with Gasteiger partial charge in [0.25, 0.3) is 0 Å². The molecule has 0 spiro atoms. The van der Waals surface area contributed by atoms with E-state index in [9.17, 15) is 18.0 Å². The van der Waals surface area contributed by atoms with Gasteiger partial charge in [0.1, 0.15) is 5.82 Å². The molecule has 1 saturated heterocycles. The van der Waals surface area contributed by atoms with Crippen molar-refractivity contribution < 1.29 is 22.7 Å². The molecule has 3 N–H and O–H groups in total. The lowest BCUT2D eigenvalue weighted by Gasteiger charge is -2.39. The number of nitrogens with one attached hydrogen (secondary N) is 3. The minimum atomic E-state index is -0.945. The van der Waals surface area contributed by atoms with Crippen molar-refractivity contribution in [2.24, 2.45) is 11.3 Å². The molecule has 1 heterocycles. The number of nitrogens with zero attached hydrogens (tertiary/aromatic N) is 1. The molecule has 2 amide bonds. The average molecular weight is 539 g/mol. The Morgan fingerprint density at radius 2 is 1.90 bits per heavy atom. The second-order valence-electron chi connectivity index (χ2n) is 10.7. The first-order valence-electron chi connectivity index (χ1n) is 13.3. The number of urea groups is 1. The number of allylic oxidation sites excluding steroid dienone is 3. The maximum Gasteiger partial charge on any atom is 0.318 e. The van der Waals surface area contributed by atoms with E-state index in [-0.39, 0.29) is 23.2 Å². The zero-order valence-electron chi connectivity index (χ0n) is 21.9. The first kappa shape index (κ1) is 27.0. The second kappa shape index (κ2) is 11.3. The van der Waals surface area contributed by atoms with Crippen molar-refractivity contribution >= 4 is 17.9 Å². The van der Waals surface area contributed by atoms with Crippen LogP contribution in [0.2, 0.25) is 0 Å². The number of hydrogen-bond acceptors (Lipinski definition) is 4. The summed E-state index contributed by atoms with van der Waals surface area (Å²) in [6.45, 7) is 4.06. The van der Waals surface area contributed by atoms with Crippen LogP contribution in [-0.4, -0.2) is 43.4 Å². The molecule has 2 fully saturated rings. The van der Waals surface area contributed by atoms with Gasteiger partial charge in [-0.05, 0) is 90.6 Å². The lowest BCUT2D eigenvalue weighted by molar-refractivity contribution is 0.0520. The van der Waals surface area contributed by atoms with Crippen LogP contribution in [0.25, 0.3) is 0 Å². The second-order valence-corrected chi connectivity index (χ2v) is 10.7. The molecule has 2 aromatic carbocycles. The van der Waals surface area contributed by atoms with Crippen molar-refractivity contribution in [3.63, 3.8) is 0 Å². The average Bonchev–Trinajstić information content (AvgIpc) is 3.25. The molecule has 2 aromatic rings. The molecule has 0 radical (unpaired) electrons. The zero-order chi connectivity index (χ0) is 27.6. The van der Waals surface area contributed by atoms with E-state index in [0.717, 1.165) is 35.9 Å². The molecule has 6 nitrogen and oxygen atoms in total. The van der Waals surface area contributed by atoms with Gasteiger partial charge in [-0.2, -0.15) is 0 Å². The highest BCUT2D eigenvalue weighted by Crippen LogP contribution is 2.56. The van der Waals surface area contributed by atoms with E-state index < -0.39 is 17.7 Å². The number of hydrogen-bond donors (Lipinski definition) is 3. The number of amides is 2. The van der Waals surface area contributed by atoms with Gasteiger partial charge in [-0.25, -0.2) is 18.0 Å². The lowest BCUT2D eigenvalue weighted by atomic mass is 9.67. The first-order chi connectivity index (χ1) is 18.8. The van der Waals surface area contributed by atoms with E-state index in [2.05, 4.69) is 23.6 Å². The molecule has 3 aliphatic rings. The summed E-state index contributed by atoms with van der Waals surface area (Å²) in [7, 11) is 0. The number of anilines is 1. The summed E-state index contributed by atoms with van der Waals surface area (Å²) in [5.41, 5.74) is 3.90. The van der Waals surface area contributed by atoms with Crippen LogP contribution in [0.5, 0.6) is 0 Å². The minimum absolute atomic E-state index is 0.133. The van der Waals surface area contributed by atoms with Crippen molar-refractivity contribution in [2.45, 2.75) is 38.6 Å². The SMILES string of the molecule is C[C@]12CC(C=N)=C(Nc3ccc(F)cc3)C=C1CC[C@@H]2CC(NC(=O)N1CCOCC1)c1ccc(F)c(F)c1. The maximum atomic E-state index is 14.2. The van der Waals surface area contributed by atoms with E-state index in [1.807, 2.05) is 0 Å². The van der Waals surface area contributed by atoms with Crippen molar-refractivity contribution in [3.05, 3.63) is 88.4 Å². The van der Waals surface area contributed by atoms with Gasteiger partial charge >= 0.3 is 6.03 Å². The fourth-order valence-electron chi connectivity index (χ4n) is 6.06. The predicted molar refractivity (Wildman–Crippen MR) is 144 cm³/mol. The molecule has 39 heavy (non-hydrogen) atoms. The molecule has 5 rings (SSSR count). The smallest absolute Gasteiger partial charge is 0.318 e. The van der Waals surface area contributed by atoms with E-state index in [1.165, 1.54) is 36.1 Å². The number of morpholine rings is 1. The lowest BCUT2D eigenvalue weighted by Crippen LogP contribution is -2.47. The normalized spacial score (nSPS) is 23.6. The minimum Gasteiger partial charge on any atom is -0.378 e. The topological polar surface area (TPSA) is 77.5 Å². The summed E-state index contributed by atoms with van der Waals surface area (Å²) in [5, 5.41) is 14.5. The van der Waals surface area contributed by atoms with Crippen LogP contribution in [-0.2, 0) is 4.74 Å². The van der Waals surface area contributed by atoms with E-state index >= 15 is 0 Å². The molecule has 1 aliphatic heterocycles. The van der Waals surface area contributed by atoms with E-state index in [4.69, 9.17) is 10.1 Å². The summed E-state index contributed by atoms with van der Waals surface area (Å²) in [4.78, 5) is 14.8. The Labute approximate surface area is 226 Å². The third-order valence-corrected chi connectivity index (χ3v) is 8.38. The summed E-state index contributed by atoms with van der Waals surface area (Å²) in [6.07, 6.45) is 6.33. The Hall–Kier alpha value is -3.59. The monoisotopic (exact) mass is 538 g/mol. The van der Waals surface area contributed by atoms with Crippen LogP contribution >= 0.6 is 0 Å². The number of ether oxygens (including phenoxy) is 1. The highest BCUT2D eigenvalue weighted by atomic mass is 19.2. The van der Waals surface area contributed by atoms with Crippen LogP contribution in [0.3, 0.4) is 0 Å². The molecule has 1 unspecified atom stereocenters. The molecule has 0 aromatic heterocycles. The van der Waals surface area contributed by atoms with Gasteiger partial charge in [-0.3, -0.25) is 0 Å². The molecule has 9 heteroatoms. The van der Waals surface area contributed by atoms with Crippen LogP contribution in [0.1, 0.15) is 44.2 Å². The molecule has 2 aliphatic carbocycles. The number of fused-ring (bicyclic) bond motifs is 1. The molecule has 0 bridgehead atoms. The number of rotatable bonds is 7. The Kier molecular flexibility index (Phi) is 7.79. The molecule has 206 valence electrons. The molecular formula is C30H33F3N4O2. The maximum absolute atomic E-state index is 14.2. The van der Waals surface area contributed by atoms with Gasteiger partial charge in [0.15, 0.2) is 11.6 Å². The van der Waals surface area contributed by atoms with Crippen LogP contribution < -0.4 is 10.6 Å². The summed E-state index contributed by atoms with van der Waals surface area (Å²) in [5.74, 6) is -2.05. The van der Waals surface area contributed by atoms with Crippen molar-refractivity contribution in [2.75, 3.05) is 31.6 Å². The fraction of sp³-hybridized carbons (Fsp3) is 0.400. The number of halogens is 3. The highest BCUT2D eigenvalue weighted by molar-refractivity contribution is 5.81. The van der Waals surface area contributed by atoms with Crippen molar-refractivity contribution in [1.29, 1.82) is 5.41 Å². The Bertz CT molecular complexity index is 1300. The molecule has 3 atom stereocenters. The number of carbonyl (C=O) groups excluding carboxylic acids is 1. The van der Waals surface area contributed by atoms with Gasteiger partial charge in [-0.1, -0.05) is 18.6 Å². The predicted octanol–water partition coefficient (Wildman–Crippen LogP) is 6.34. The Morgan fingerprint density at radius 1 is 1.15 bits per heavy atom. The third kappa shape index (κ3) is 5.73. The van der Waals surface area contributed by atoms with Crippen LogP contribution in [0.15, 0.2) is 65.4 Å². The van der Waals surface area contributed by atoms with Gasteiger partial charge in [0, 0.05) is 30.7 Å². The summed E-state index contributed by atoms with van der Waals surface area (Å²) >= 11 is 0. The molecular weight excluding hydrogens is 505 g/mol. The van der Waals surface area contributed by atoms with Gasteiger partial charge in [0.2, 0.25) is 0 Å². The standard InChI is InChI=1S/C30H33F3N4O2/c1-30-17-20(18-34)28(35-24-7-5-23(31)6-8-24)16-22(30)4-3-21(30)15-27(19-2-9-25(32)26(33)14-19)36-29(38)37-10-12-39-13-11-37/h2,5-9,14,16,18,21,27,34-35H,3-4,10-13,15,17H2,1H3,(H,36,38)/t21-,27?,30-/m1/s1. The third-order valence-electron chi connectivity index (χ3n) is 8.38. The van der Waals surface area contributed by atoms with Gasteiger partial charge < -0.3 is 25.7 Å². The highest BCUT2D eigenvalue weighted by Gasteiger charge is 2.46. The first-order valence-corrected chi connectivity index (χ1v) is 13.3. The van der Waals surface area contributed by atoms with Crippen molar-refractivity contribution in [1.82, 2.24) is 10.2 Å². The number of benzene rings is 2. The van der Waals surface area contributed by atoms with E-state index in [1.54, 1.807) is 17.0 Å². The van der Waals surface area contributed by atoms with Gasteiger partial charge in [0.05, 0.1) is 19.3 Å². The Balaban J connectivity index is 1.38. The zero-order valence-corrected chi connectivity index (χ0v) is 21.9. The Morgan fingerprint density at radius 3 is 2.59 bits per heavy atom. The molecule has 1 saturated carbocycles. The van der Waals surface area contributed by atoms with Gasteiger partial charge in [-0.15, -0.1) is 0 Å². The summed E-state index contributed by atoms with van der Waals surface area (Å²) in [6, 6.07) is 9.15. The summed E-state index contributed by atoms with van der Waals surface area (Å²) < 4.78 is 46.7. The quantitative estimate of drug-likeness (QED) is 0.360.